The van der Waals surface area contributed by atoms with Crippen LogP contribution in [-0.2, 0) is 6.18 Å². The molecule has 0 spiro atoms. The van der Waals surface area contributed by atoms with E-state index in [0.717, 1.165) is 22.0 Å². The van der Waals surface area contributed by atoms with E-state index in [1.54, 1.807) is 36.4 Å². The number of halogens is 4. The van der Waals surface area contributed by atoms with E-state index in [2.05, 4.69) is 15.6 Å². The third-order valence-corrected chi connectivity index (χ3v) is 5.98. The largest absolute Gasteiger partial charge is 0.453 e. The van der Waals surface area contributed by atoms with Crippen LogP contribution in [0, 0.1) is 6.92 Å². The summed E-state index contributed by atoms with van der Waals surface area (Å²) in [5.41, 5.74) is 4.88. The van der Waals surface area contributed by atoms with Crippen molar-refractivity contribution in [3.63, 3.8) is 0 Å². The van der Waals surface area contributed by atoms with Crippen molar-refractivity contribution >= 4 is 29.1 Å². The summed E-state index contributed by atoms with van der Waals surface area (Å²) in [7, 11) is 0. The van der Waals surface area contributed by atoms with Crippen molar-refractivity contribution in [2.45, 2.75) is 29.5 Å². The highest BCUT2D eigenvalue weighted by Crippen LogP contribution is 2.41. The summed E-state index contributed by atoms with van der Waals surface area (Å²) in [6.07, 6.45) is -4.68. The molecule has 10 heteroatoms. The topological polar surface area (TPSA) is 59.8 Å². The van der Waals surface area contributed by atoms with Crippen LogP contribution in [0.2, 0.25) is 5.02 Å². The number of rotatable bonds is 3. The number of nitrogens with one attached hydrogen (secondary N) is 1. The predicted octanol–water partition coefficient (Wildman–Crippen LogP) is 4.90. The summed E-state index contributed by atoms with van der Waals surface area (Å²) in [6.45, 7) is 1.91. The minimum absolute atomic E-state index is 0.0204. The first-order valence-electron chi connectivity index (χ1n) is 8.56. The lowest BCUT2D eigenvalue weighted by atomic mass is 9.97. The van der Waals surface area contributed by atoms with Gasteiger partial charge >= 0.3 is 6.18 Å². The zero-order valence-corrected chi connectivity index (χ0v) is 16.5. The second-order valence-electron chi connectivity index (χ2n) is 6.57. The SMILES string of the molecule is Cc1ccc(C(=O)C2Sc3nnc(C(F)(F)F)n3NC2c2ccc(Cl)cc2)cc1. The van der Waals surface area contributed by atoms with E-state index in [0.29, 0.717) is 16.1 Å². The van der Waals surface area contributed by atoms with Crippen LogP contribution in [0.4, 0.5) is 13.2 Å². The fourth-order valence-electron chi connectivity index (χ4n) is 3.04. The average Bonchev–Trinajstić information content (AvgIpc) is 3.11. The zero-order valence-electron chi connectivity index (χ0n) is 14.9. The molecular formula is C19H14ClF3N4OS. The minimum atomic E-state index is -4.68. The number of hydrogen-bond acceptors (Lipinski definition) is 5. The number of aromatic nitrogens is 3. The van der Waals surface area contributed by atoms with E-state index in [1.807, 2.05) is 19.1 Å². The van der Waals surface area contributed by atoms with Crippen LogP contribution in [0.15, 0.2) is 53.7 Å². The van der Waals surface area contributed by atoms with Crippen LogP contribution < -0.4 is 5.43 Å². The summed E-state index contributed by atoms with van der Waals surface area (Å²) in [5.74, 6) is -1.38. The van der Waals surface area contributed by atoms with Crippen LogP contribution in [0.1, 0.15) is 33.4 Å². The highest BCUT2D eigenvalue weighted by atomic mass is 35.5. The van der Waals surface area contributed by atoms with Gasteiger partial charge in [-0.2, -0.15) is 13.2 Å². The molecule has 2 aromatic carbocycles. The van der Waals surface area contributed by atoms with Gasteiger partial charge in [0.1, 0.15) is 5.25 Å². The highest BCUT2D eigenvalue weighted by molar-refractivity contribution is 8.00. The van der Waals surface area contributed by atoms with E-state index < -0.39 is 23.3 Å². The Morgan fingerprint density at radius 2 is 1.76 bits per heavy atom. The summed E-state index contributed by atoms with van der Waals surface area (Å²) < 4.78 is 40.7. The molecule has 2 unspecified atom stereocenters. The fourth-order valence-corrected chi connectivity index (χ4v) is 4.32. The maximum absolute atomic E-state index is 13.3. The van der Waals surface area contributed by atoms with Crippen LogP contribution in [-0.4, -0.2) is 25.9 Å². The van der Waals surface area contributed by atoms with E-state index >= 15 is 0 Å². The zero-order chi connectivity index (χ0) is 20.8. The monoisotopic (exact) mass is 438 g/mol. The molecule has 0 fully saturated rings. The van der Waals surface area contributed by atoms with Gasteiger partial charge in [-0.1, -0.05) is 65.3 Å². The number of thioether (sulfide) groups is 1. The maximum atomic E-state index is 13.3. The number of alkyl halides is 3. The molecule has 29 heavy (non-hydrogen) atoms. The van der Waals surface area contributed by atoms with Crippen molar-refractivity contribution in [3.05, 3.63) is 76.1 Å². The number of benzene rings is 2. The van der Waals surface area contributed by atoms with Crippen LogP contribution in [0.3, 0.4) is 0 Å². The molecule has 0 radical (unpaired) electrons. The Labute approximate surface area is 173 Å². The third kappa shape index (κ3) is 3.84. The Morgan fingerprint density at radius 1 is 1.10 bits per heavy atom. The number of nitrogens with zero attached hydrogens (tertiary/aromatic N) is 3. The number of ketones is 1. The first kappa shape index (κ1) is 19.8. The Hall–Kier alpha value is -2.52. The average molecular weight is 439 g/mol. The number of Topliss-reactive ketones (excluding diaryl/α,β-unsaturated/α-hetero) is 1. The fraction of sp³-hybridized carbons (Fsp3) is 0.211. The molecule has 0 aliphatic carbocycles. The molecule has 1 N–H and O–H groups in total. The molecule has 0 amide bonds. The molecule has 150 valence electrons. The van der Waals surface area contributed by atoms with E-state index in [4.69, 9.17) is 11.6 Å². The quantitative estimate of drug-likeness (QED) is 0.589. The number of hydrogen-bond donors (Lipinski definition) is 1. The Bertz CT molecular complexity index is 1050. The summed E-state index contributed by atoms with van der Waals surface area (Å²) in [4.78, 5) is 13.2. The molecule has 4 rings (SSSR count). The third-order valence-electron chi connectivity index (χ3n) is 4.51. The van der Waals surface area contributed by atoms with E-state index in [1.165, 1.54) is 0 Å². The second kappa shape index (κ2) is 7.38. The number of carbonyl (C=O) groups excluding carboxylic acids is 1. The molecule has 2 heterocycles. The van der Waals surface area contributed by atoms with Gasteiger partial charge in [-0.15, -0.1) is 10.2 Å². The van der Waals surface area contributed by atoms with Crippen molar-refractivity contribution in [3.8, 4) is 0 Å². The molecule has 1 aliphatic rings. The van der Waals surface area contributed by atoms with Gasteiger partial charge in [0.25, 0.3) is 5.82 Å². The number of aryl methyl sites for hydroxylation is 1. The Kier molecular flexibility index (Phi) is 5.04. The molecule has 5 nitrogen and oxygen atoms in total. The van der Waals surface area contributed by atoms with Crippen molar-refractivity contribution in [1.82, 2.24) is 14.9 Å². The van der Waals surface area contributed by atoms with Crippen molar-refractivity contribution in [2.24, 2.45) is 0 Å². The minimum Gasteiger partial charge on any atom is -0.313 e. The van der Waals surface area contributed by atoms with Gasteiger partial charge in [-0.25, -0.2) is 4.68 Å². The standard InChI is InChI=1S/C19H14ClF3N4OS/c1-10-2-4-12(5-3-10)15(28)16-14(11-6-8-13(20)9-7-11)26-27-17(19(21,22)23)24-25-18(27)29-16/h2-9,14,16,26H,1H3. The molecule has 0 saturated heterocycles. The smallest absolute Gasteiger partial charge is 0.313 e. The van der Waals surface area contributed by atoms with Gasteiger partial charge in [0.05, 0.1) is 6.04 Å². The Morgan fingerprint density at radius 3 is 2.38 bits per heavy atom. The highest BCUT2D eigenvalue weighted by Gasteiger charge is 2.44. The molecular weight excluding hydrogens is 425 g/mol. The summed E-state index contributed by atoms with van der Waals surface area (Å²) >= 11 is 6.89. The lowest BCUT2D eigenvalue weighted by Crippen LogP contribution is -2.40. The number of carbonyl (C=O) groups is 1. The van der Waals surface area contributed by atoms with Crippen LogP contribution >= 0.6 is 23.4 Å². The van der Waals surface area contributed by atoms with Gasteiger partial charge in [0, 0.05) is 10.6 Å². The van der Waals surface area contributed by atoms with Gasteiger partial charge in [0.15, 0.2) is 5.78 Å². The lowest BCUT2D eigenvalue weighted by molar-refractivity contribution is -0.147. The van der Waals surface area contributed by atoms with E-state index in [-0.39, 0.29) is 10.9 Å². The summed E-state index contributed by atoms with van der Waals surface area (Å²) in [5, 5.41) is 6.61. The van der Waals surface area contributed by atoms with Crippen LogP contribution in [0.25, 0.3) is 0 Å². The van der Waals surface area contributed by atoms with Crippen molar-refractivity contribution < 1.29 is 18.0 Å². The van der Waals surface area contributed by atoms with Crippen molar-refractivity contribution in [2.75, 3.05) is 5.43 Å². The molecule has 3 aromatic rings. The predicted molar refractivity (Wildman–Crippen MR) is 104 cm³/mol. The van der Waals surface area contributed by atoms with Crippen molar-refractivity contribution in [1.29, 1.82) is 0 Å². The Balaban J connectivity index is 1.77. The normalized spacial score (nSPS) is 18.8. The molecule has 0 saturated carbocycles. The number of fused-ring (bicyclic) bond motifs is 1. The first-order chi connectivity index (χ1) is 13.7. The van der Waals surface area contributed by atoms with Crippen LogP contribution in [0.5, 0.6) is 0 Å². The molecule has 0 bridgehead atoms. The molecule has 1 aromatic heterocycles. The summed E-state index contributed by atoms with van der Waals surface area (Å²) in [6, 6.07) is 12.9. The lowest BCUT2D eigenvalue weighted by Gasteiger charge is -2.33. The van der Waals surface area contributed by atoms with Gasteiger partial charge in [0.2, 0.25) is 5.16 Å². The van der Waals surface area contributed by atoms with E-state index in [9.17, 15) is 18.0 Å². The maximum Gasteiger partial charge on any atom is 0.453 e. The molecule has 2 atom stereocenters. The molecule has 1 aliphatic heterocycles. The first-order valence-corrected chi connectivity index (χ1v) is 9.82. The van der Waals surface area contributed by atoms with Gasteiger partial charge in [-0.3, -0.25) is 4.79 Å². The second-order valence-corrected chi connectivity index (χ2v) is 8.11. The van der Waals surface area contributed by atoms with Gasteiger partial charge in [-0.05, 0) is 24.6 Å². The van der Waals surface area contributed by atoms with Gasteiger partial charge < -0.3 is 5.43 Å².